The molecule has 0 aliphatic carbocycles. The number of esters is 1. The van der Waals surface area contributed by atoms with Crippen molar-refractivity contribution in [2.24, 2.45) is 0 Å². The summed E-state index contributed by atoms with van der Waals surface area (Å²) in [5.41, 5.74) is 0.976. The maximum absolute atomic E-state index is 12.9. The SMILES string of the molecule is CCOC(=O)C1=C(Nc2ccccc2)O/C(=C\c2ccccc2OCC#N)C1=O. The molecule has 0 saturated carbocycles. The first-order chi connectivity index (χ1) is 14.1. The second-order valence-corrected chi connectivity index (χ2v) is 5.84. The van der Waals surface area contributed by atoms with Crippen molar-refractivity contribution < 1.29 is 23.8 Å². The van der Waals surface area contributed by atoms with Gasteiger partial charge in [-0.25, -0.2) is 4.79 Å². The molecule has 0 aromatic heterocycles. The zero-order chi connectivity index (χ0) is 20.6. The van der Waals surface area contributed by atoms with E-state index in [4.69, 9.17) is 19.5 Å². The minimum absolute atomic E-state index is 0.00123. The molecule has 2 aromatic carbocycles. The number of Topliss-reactive ketones (excluding diaryl/α,β-unsaturated/α-hetero) is 1. The van der Waals surface area contributed by atoms with Crippen LogP contribution in [0.4, 0.5) is 5.69 Å². The Balaban J connectivity index is 1.94. The number of carbonyl (C=O) groups excluding carboxylic acids is 2. The molecular weight excluding hydrogens is 372 g/mol. The number of para-hydroxylation sites is 2. The van der Waals surface area contributed by atoms with E-state index in [0.717, 1.165) is 0 Å². The number of allylic oxidation sites excluding steroid dienone is 1. The Bertz CT molecular complexity index is 1020. The molecule has 0 unspecified atom stereocenters. The van der Waals surface area contributed by atoms with E-state index >= 15 is 0 Å². The van der Waals surface area contributed by atoms with Gasteiger partial charge >= 0.3 is 5.97 Å². The fourth-order valence-corrected chi connectivity index (χ4v) is 2.64. The zero-order valence-electron chi connectivity index (χ0n) is 15.7. The lowest BCUT2D eigenvalue weighted by molar-refractivity contribution is -0.139. The van der Waals surface area contributed by atoms with Gasteiger partial charge in [-0.05, 0) is 31.2 Å². The molecular formula is C22H18N2O5. The van der Waals surface area contributed by atoms with Crippen LogP contribution in [0.25, 0.3) is 6.08 Å². The minimum Gasteiger partial charge on any atom is -0.478 e. The molecule has 146 valence electrons. The molecule has 1 aliphatic heterocycles. The maximum atomic E-state index is 12.9. The fourth-order valence-electron chi connectivity index (χ4n) is 2.64. The van der Waals surface area contributed by atoms with Crippen LogP contribution in [-0.4, -0.2) is 25.0 Å². The van der Waals surface area contributed by atoms with Crippen molar-refractivity contribution in [3.63, 3.8) is 0 Å². The average molecular weight is 390 g/mol. The molecule has 7 heteroatoms. The van der Waals surface area contributed by atoms with Gasteiger partial charge in [0.25, 0.3) is 0 Å². The monoisotopic (exact) mass is 390 g/mol. The van der Waals surface area contributed by atoms with Crippen molar-refractivity contribution in [1.82, 2.24) is 0 Å². The van der Waals surface area contributed by atoms with Crippen LogP contribution in [0, 0.1) is 11.3 Å². The zero-order valence-corrected chi connectivity index (χ0v) is 15.7. The second-order valence-electron chi connectivity index (χ2n) is 5.84. The molecule has 0 radical (unpaired) electrons. The lowest BCUT2D eigenvalue weighted by atomic mass is 10.1. The molecule has 1 N–H and O–H groups in total. The van der Waals surface area contributed by atoms with Crippen molar-refractivity contribution in [3.05, 3.63) is 77.4 Å². The van der Waals surface area contributed by atoms with Crippen molar-refractivity contribution in [3.8, 4) is 11.8 Å². The van der Waals surface area contributed by atoms with Gasteiger partial charge in [-0.1, -0.05) is 36.4 Å². The van der Waals surface area contributed by atoms with E-state index in [-0.39, 0.29) is 30.4 Å². The molecule has 1 aliphatic rings. The maximum Gasteiger partial charge on any atom is 0.347 e. The van der Waals surface area contributed by atoms with E-state index in [1.807, 2.05) is 24.3 Å². The summed E-state index contributed by atoms with van der Waals surface area (Å²) in [7, 11) is 0. The topological polar surface area (TPSA) is 97.7 Å². The van der Waals surface area contributed by atoms with E-state index in [0.29, 0.717) is 17.0 Å². The predicted molar refractivity (Wildman–Crippen MR) is 105 cm³/mol. The first kappa shape index (κ1) is 19.7. The second kappa shape index (κ2) is 9.24. The van der Waals surface area contributed by atoms with Crippen molar-refractivity contribution in [2.75, 3.05) is 18.5 Å². The highest BCUT2D eigenvalue weighted by molar-refractivity contribution is 6.26. The van der Waals surface area contributed by atoms with Gasteiger partial charge in [0.05, 0.1) is 6.61 Å². The van der Waals surface area contributed by atoms with Crippen LogP contribution in [0.15, 0.2) is 71.8 Å². The molecule has 0 amide bonds. The van der Waals surface area contributed by atoms with Crippen LogP contribution in [0.5, 0.6) is 5.75 Å². The third-order valence-corrected chi connectivity index (χ3v) is 3.90. The number of anilines is 1. The Morgan fingerprint density at radius 1 is 1.17 bits per heavy atom. The standard InChI is InChI=1S/C22H18N2O5/c1-2-27-22(26)19-20(25)18(29-21(19)24-16-9-4-3-5-10-16)14-15-8-6-7-11-17(15)28-13-12-23/h3-11,14,24H,2,13H2,1H3/b18-14-. The first-order valence-corrected chi connectivity index (χ1v) is 8.90. The summed E-state index contributed by atoms with van der Waals surface area (Å²) in [6.07, 6.45) is 1.47. The number of nitrogens with zero attached hydrogens (tertiary/aromatic N) is 1. The first-order valence-electron chi connectivity index (χ1n) is 8.90. The van der Waals surface area contributed by atoms with Gasteiger partial charge in [-0.2, -0.15) is 5.26 Å². The average Bonchev–Trinajstić information content (AvgIpc) is 3.03. The van der Waals surface area contributed by atoms with Crippen LogP contribution < -0.4 is 10.1 Å². The Morgan fingerprint density at radius 2 is 1.90 bits per heavy atom. The number of nitrogens with one attached hydrogen (secondary N) is 1. The lowest BCUT2D eigenvalue weighted by Crippen LogP contribution is -2.16. The number of nitriles is 1. The lowest BCUT2D eigenvalue weighted by Gasteiger charge is -2.09. The predicted octanol–water partition coefficient (Wildman–Crippen LogP) is 3.42. The molecule has 3 rings (SSSR count). The Hall–Kier alpha value is -4.05. The van der Waals surface area contributed by atoms with E-state index in [2.05, 4.69) is 5.32 Å². The number of ketones is 1. The van der Waals surface area contributed by atoms with Gasteiger partial charge < -0.3 is 19.5 Å². The normalized spacial score (nSPS) is 14.3. The highest BCUT2D eigenvalue weighted by Crippen LogP contribution is 2.30. The molecule has 29 heavy (non-hydrogen) atoms. The van der Waals surface area contributed by atoms with Crippen molar-refractivity contribution >= 4 is 23.5 Å². The molecule has 0 atom stereocenters. The summed E-state index contributed by atoms with van der Waals surface area (Å²) in [5.74, 6) is -1.01. The quantitative estimate of drug-likeness (QED) is 0.439. The van der Waals surface area contributed by atoms with Crippen LogP contribution in [0.2, 0.25) is 0 Å². The highest BCUT2D eigenvalue weighted by Gasteiger charge is 2.37. The number of hydrogen-bond acceptors (Lipinski definition) is 7. The summed E-state index contributed by atoms with van der Waals surface area (Å²) < 4.78 is 16.1. The molecule has 1 heterocycles. The third kappa shape index (κ3) is 4.62. The molecule has 0 spiro atoms. The van der Waals surface area contributed by atoms with E-state index in [9.17, 15) is 9.59 Å². The van der Waals surface area contributed by atoms with Gasteiger partial charge in [-0.3, -0.25) is 4.79 Å². The van der Waals surface area contributed by atoms with E-state index in [1.165, 1.54) is 6.08 Å². The summed E-state index contributed by atoms with van der Waals surface area (Å²) >= 11 is 0. The number of ether oxygens (including phenoxy) is 3. The van der Waals surface area contributed by atoms with Crippen molar-refractivity contribution in [1.29, 1.82) is 5.26 Å². The minimum atomic E-state index is -0.770. The van der Waals surface area contributed by atoms with Gasteiger partial charge in [0.15, 0.2) is 17.9 Å². The van der Waals surface area contributed by atoms with Gasteiger partial charge in [-0.15, -0.1) is 0 Å². The highest BCUT2D eigenvalue weighted by atomic mass is 16.5. The Kier molecular flexibility index (Phi) is 6.28. The van der Waals surface area contributed by atoms with Gasteiger partial charge in [0, 0.05) is 11.3 Å². The molecule has 7 nitrogen and oxygen atoms in total. The smallest absolute Gasteiger partial charge is 0.347 e. The van der Waals surface area contributed by atoms with Gasteiger partial charge in [0.1, 0.15) is 11.8 Å². The van der Waals surface area contributed by atoms with Crippen LogP contribution in [0.3, 0.4) is 0 Å². The molecule has 0 saturated heterocycles. The summed E-state index contributed by atoms with van der Waals surface area (Å²) in [6, 6.07) is 17.8. The number of rotatable bonds is 7. The fraction of sp³-hybridized carbons (Fsp3) is 0.136. The number of hydrogen-bond donors (Lipinski definition) is 1. The van der Waals surface area contributed by atoms with E-state index < -0.39 is 11.8 Å². The van der Waals surface area contributed by atoms with Crippen LogP contribution >= 0.6 is 0 Å². The van der Waals surface area contributed by atoms with Crippen LogP contribution in [0.1, 0.15) is 12.5 Å². The number of benzene rings is 2. The summed E-state index contributed by atoms with van der Waals surface area (Å²) in [4.78, 5) is 25.2. The Labute approximate surface area is 167 Å². The Morgan fingerprint density at radius 3 is 2.62 bits per heavy atom. The molecule has 0 fully saturated rings. The molecule has 2 aromatic rings. The number of carbonyl (C=O) groups is 2. The van der Waals surface area contributed by atoms with E-state index in [1.54, 1.807) is 43.3 Å². The summed E-state index contributed by atoms with van der Waals surface area (Å²) in [6.45, 7) is 1.64. The van der Waals surface area contributed by atoms with Crippen molar-refractivity contribution in [2.45, 2.75) is 6.92 Å². The molecule has 0 bridgehead atoms. The summed E-state index contributed by atoms with van der Waals surface area (Å²) in [5, 5.41) is 11.7. The van der Waals surface area contributed by atoms with Crippen LogP contribution in [-0.2, 0) is 19.1 Å². The third-order valence-electron chi connectivity index (χ3n) is 3.90. The largest absolute Gasteiger partial charge is 0.478 e. The van der Waals surface area contributed by atoms with Gasteiger partial charge in [0.2, 0.25) is 11.7 Å².